The van der Waals surface area contributed by atoms with Crippen LogP contribution in [0.1, 0.15) is 117 Å². The van der Waals surface area contributed by atoms with Crippen LogP contribution < -0.4 is 19.5 Å². The Morgan fingerprint density at radius 3 is 1.73 bits per heavy atom. The summed E-state index contributed by atoms with van der Waals surface area (Å²) in [5, 5.41) is 2.90. The molecule has 184 valence electrons. The molecule has 0 aliphatic heterocycles. The first kappa shape index (κ1) is 27.4. The molecule has 0 N–H and O–H groups in total. The molecule has 3 rings (SSSR count). The standard InChI is InChI=1S/C28H44B.3CH3.Sn/c1-4-6-14-24(15-7-5-2)28-21-20-27(22-23(28)3)29(25-16-10-8-11-17-25)26-18-12-9-13-19-26;;;;/h21-22,25-26H,3-19H2,1-2H3;3*1H3;. The summed E-state index contributed by atoms with van der Waals surface area (Å²) in [6.45, 7) is 10.2. The minimum atomic E-state index is -2.32. The van der Waals surface area contributed by atoms with Crippen molar-refractivity contribution in [3.63, 3.8) is 0 Å². The normalized spacial score (nSPS) is 18.5. The van der Waals surface area contributed by atoms with Crippen LogP contribution in [-0.2, 0) is 0 Å². The van der Waals surface area contributed by atoms with Gasteiger partial charge in [0, 0.05) is 0 Å². The molecular weight excluding hydrogens is 502 g/mol. The second-order valence-corrected chi connectivity index (χ2v) is 26.9. The minimum absolute atomic E-state index is 0.806. The first-order valence-corrected chi connectivity index (χ1v) is 24.7. The van der Waals surface area contributed by atoms with Crippen LogP contribution >= 0.6 is 0 Å². The Balaban J connectivity index is 2.16. The van der Waals surface area contributed by atoms with Gasteiger partial charge in [0.05, 0.1) is 0 Å². The summed E-state index contributed by atoms with van der Waals surface area (Å²) in [7, 11) is 0. The zero-order valence-corrected chi connectivity index (χ0v) is 25.8. The zero-order valence-electron chi connectivity index (χ0n) is 22.9. The van der Waals surface area contributed by atoms with Crippen molar-refractivity contribution in [2.75, 3.05) is 0 Å². The van der Waals surface area contributed by atoms with Crippen molar-refractivity contribution in [1.29, 1.82) is 0 Å². The van der Waals surface area contributed by atoms with E-state index < -0.39 is 18.4 Å². The number of hydrogen-bond donors (Lipinski definition) is 0. The molecule has 1 aromatic rings. The van der Waals surface area contributed by atoms with E-state index in [-0.39, 0.29) is 0 Å². The van der Waals surface area contributed by atoms with E-state index in [0.29, 0.717) is 0 Å². The SMILES string of the molecule is C=c1cc(B(C2CCCCC2)C2CCCCC2)[c]([Sn]([CH3])([CH3])[CH3])cc1=C(CCCC)CCCC. The Morgan fingerprint density at radius 2 is 1.30 bits per heavy atom. The van der Waals surface area contributed by atoms with Gasteiger partial charge in [0.1, 0.15) is 0 Å². The van der Waals surface area contributed by atoms with Gasteiger partial charge in [-0.3, -0.25) is 0 Å². The van der Waals surface area contributed by atoms with Crippen LogP contribution in [0, 0.1) is 0 Å². The van der Waals surface area contributed by atoms with Crippen LogP contribution in [0.5, 0.6) is 0 Å². The van der Waals surface area contributed by atoms with Crippen molar-refractivity contribution in [3.05, 3.63) is 22.6 Å². The number of unbranched alkanes of at least 4 members (excludes halogenated alkanes) is 2. The molecule has 0 amide bonds. The van der Waals surface area contributed by atoms with Gasteiger partial charge in [-0.2, -0.15) is 0 Å². The van der Waals surface area contributed by atoms with Crippen molar-refractivity contribution in [1.82, 2.24) is 0 Å². The zero-order chi connectivity index (χ0) is 23.8. The van der Waals surface area contributed by atoms with E-state index in [1.807, 2.05) is 3.58 Å². The third-order valence-electron chi connectivity index (χ3n) is 8.80. The van der Waals surface area contributed by atoms with Gasteiger partial charge in [0.15, 0.2) is 0 Å². The molecule has 0 unspecified atom stereocenters. The van der Waals surface area contributed by atoms with E-state index in [4.69, 9.17) is 6.58 Å². The number of benzene rings is 1. The Labute approximate surface area is 211 Å². The van der Waals surface area contributed by atoms with E-state index in [9.17, 15) is 0 Å². The summed E-state index contributed by atoms with van der Waals surface area (Å²) in [5.41, 5.74) is 3.50. The third-order valence-corrected chi connectivity index (χ3v) is 14.7. The predicted octanol–water partition coefficient (Wildman–Crippen LogP) is 7.54. The molecule has 2 saturated carbocycles. The molecule has 2 aliphatic rings. The van der Waals surface area contributed by atoms with Gasteiger partial charge in [0.25, 0.3) is 0 Å². The van der Waals surface area contributed by atoms with E-state index >= 15 is 0 Å². The summed E-state index contributed by atoms with van der Waals surface area (Å²) >= 11 is -2.32. The molecule has 33 heavy (non-hydrogen) atoms. The molecule has 0 spiro atoms. The molecule has 1 aromatic carbocycles. The molecular formula is C31H53BSn. The van der Waals surface area contributed by atoms with Gasteiger partial charge in [-0.15, -0.1) is 0 Å². The van der Waals surface area contributed by atoms with Gasteiger partial charge in [-0.1, -0.05) is 0 Å². The molecule has 2 aliphatic carbocycles. The molecule has 0 nitrogen and oxygen atoms in total. The summed E-state index contributed by atoms with van der Waals surface area (Å²) < 4.78 is 1.85. The maximum atomic E-state index is 4.72. The van der Waals surface area contributed by atoms with Crippen molar-refractivity contribution in [2.45, 2.75) is 143 Å². The van der Waals surface area contributed by atoms with E-state index in [0.717, 1.165) is 18.3 Å². The number of rotatable bonds is 10. The second kappa shape index (κ2) is 13.2. The molecule has 0 heterocycles. The summed E-state index contributed by atoms with van der Waals surface area (Å²) in [6, 6.07) is 5.38. The quantitative estimate of drug-likeness (QED) is 0.262. The van der Waals surface area contributed by atoms with Crippen LogP contribution in [0.4, 0.5) is 0 Å². The van der Waals surface area contributed by atoms with Crippen LogP contribution in [0.25, 0.3) is 12.2 Å². The van der Waals surface area contributed by atoms with Crippen LogP contribution in [-0.4, -0.2) is 25.1 Å². The van der Waals surface area contributed by atoms with E-state index in [1.54, 1.807) is 16.3 Å². The van der Waals surface area contributed by atoms with Gasteiger partial charge in [-0.25, -0.2) is 0 Å². The predicted molar refractivity (Wildman–Crippen MR) is 156 cm³/mol. The average Bonchev–Trinajstić information content (AvgIpc) is 2.80. The third kappa shape index (κ3) is 7.41. The van der Waals surface area contributed by atoms with E-state index in [1.165, 1.54) is 108 Å². The Hall–Kier alpha value is -0.176. The van der Waals surface area contributed by atoms with Gasteiger partial charge >= 0.3 is 212 Å². The fourth-order valence-corrected chi connectivity index (χ4v) is 11.8. The fraction of sp³-hybridized carbons (Fsp3) is 0.742. The van der Waals surface area contributed by atoms with Gasteiger partial charge < -0.3 is 0 Å². The molecule has 0 bridgehead atoms. The fourth-order valence-electron chi connectivity index (χ4n) is 6.97. The summed E-state index contributed by atoms with van der Waals surface area (Å²) in [4.78, 5) is 7.99. The average molecular weight is 555 g/mol. The van der Waals surface area contributed by atoms with Crippen LogP contribution in [0.2, 0.25) is 26.5 Å². The van der Waals surface area contributed by atoms with Crippen molar-refractivity contribution >= 4 is 46.3 Å². The monoisotopic (exact) mass is 556 g/mol. The van der Waals surface area contributed by atoms with Crippen molar-refractivity contribution in [2.24, 2.45) is 0 Å². The second-order valence-electron chi connectivity index (χ2n) is 12.5. The molecule has 2 fully saturated rings. The van der Waals surface area contributed by atoms with Gasteiger partial charge in [0.2, 0.25) is 0 Å². The first-order chi connectivity index (χ1) is 15.9. The van der Waals surface area contributed by atoms with Crippen LogP contribution in [0.15, 0.2) is 12.1 Å². The Bertz CT molecular complexity index is 809. The molecule has 0 atom stereocenters. The van der Waals surface area contributed by atoms with Crippen LogP contribution in [0.3, 0.4) is 0 Å². The van der Waals surface area contributed by atoms with Crippen molar-refractivity contribution in [3.8, 4) is 0 Å². The number of hydrogen-bond acceptors (Lipinski definition) is 0. The first-order valence-electron chi connectivity index (χ1n) is 14.7. The Kier molecular flexibility index (Phi) is 11.0. The van der Waals surface area contributed by atoms with Gasteiger partial charge in [-0.05, 0) is 0 Å². The summed E-state index contributed by atoms with van der Waals surface area (Å²) in [5.74, 6) is 1.84. The summed E-state index contributed by atoms with van der Waals surface area (Å²) in [6.07, 6.45) is 22.4. The topological polar surface area (TPSA) is 0 Å². The van der Waals surface area contributed by atoms with Crippen molar-refractivity contribution < 1.29 is 0 Å². The molecule has 0 saturated heterocycles. The maximum absolute atomic E-state index is 4.72. The van der Waals surface area contributed by atoms with E-state index in [2.05, 4.69) is 40.8 Å². The Morgan fingerprint density at radius 1 is 0.818 bits per heavy atom. The molecule has 2 heteroatoms. The molecule has 0 aromatic heterocycles. The molecule has 0 radical (unpaired) electrons.